The number of hydrogen-bond donors (Lipinski definition) is 0. The molecule has 0 aliphatic rings. The molecule has 0 N–H and O–H groups in total. The second-order valence-corrected chi connectivity index (χ2v) is 7.18. The minimum Gasteiger partial charge on any atom is -0.348 e. The van der Waals surface area contributed by atoms with Crippen molar-refractivity contribution in [1.29, 1.82) is 0 Å². The number of pyridine rings is 1. The zero-order valence-corrected chi connectivity index (χ0v) is 17.1. The van der Waals surface area contributed by atoms with E-state index in [-0.39, 0.29) is 11.6 Å². The summed E-state index contributed by atoms with van der Waals surface area (Å²) in [7, 11) is 3.32. The molecule has 164 valence electrons. The van der Waals surface area contributed by atoms with Crippen LogP contribution in [0.2, 0.25) is 0 Å². The van der Waals surface area contributed by atoms with Crippen LogP contribution in [-0.2, 0) is 13.2 Å². The van der Waals surface area contributed by atoms with Crippen molar-refractivity contribution in [2.24, 2.45) is 7.05 Å². The van der Waals surface area contributed by atoms with E-state index >= 15 is 0 Å². The van der Waals surface area contributed by atoms with Crippen LogP contribution in [0.3, 0.4) is 0 Å². The standard InChI is InChI=1S/C22H18F4N6/c1-31-13-16(12-28-31)20(15-4-3-5-17(23)10-15)32(2)19-11-18(22(24,25)26)29-21(30-19)14-6-8-27-9-7-14/h3-13,20H,1-2H3/t20-/m0/s1. The minimum absolute atomic E-state index is 0.0252. The molecule has 6 nitrogen and oxygen atoms in total. The predicted octanol–water partition coefficient (Wildman–Crippen LogP) is 4.66. The van der Waals surface area contributed by atoms with Gasteiger partial charge in [0.1, 0.15) is 11.6 Å². The normalized spacial score (nSPS) is 12.6. The fourth-order valence-electron chi connectivity index (χ4n) is 3.42. The number of halogens is 4. The van der Waals surface area contributed by atoms with Crippen molar-refractivity contribution < 1.29 is 17.6 Å². The molecule has 0 saturated carbocycles. The van der Waals surface area contributed by atoms with Gasteiger partial charge in [0, 0.05) is 49.9 Å². The molecule has 0 radical (unpaired) electrons. The zero-order valence-electron chi connectivity index (χ0n) is 17.1. The Bertz CT molecular complexity index is 1220. The maximum atomic E-state index is 14.0. The van der Waals surface area contributed by atoms with Crippen molar-refractivity contribution >= 4 is 5.82 Å². The fraction of sp³-hybridized carbons (Fsp3) is 0.182. The number of nitrogens with zero attached hydrogens (tertiary/aromatic N) is 6. The van der Waals surface area contributed by atoms with Crippen molar-refractivity contribution in [2.45, 2.75) is 12.2 Å². The summed E-state index contributed by atoms with van der Waals surface area (Å²) in [6.07, 6.45) is 1.54. The number of aryl methyl sites for hydroxylation is 1. The molecular weight excluding hydrogens is 424 g/mol. The van der Waals surface area contributed by atoms with Gasteiger partial charge < -0.3 is 4.90 Å². The number of alkyl halides is 3. The van der Waals surface area contributed by atoms with Gasteiger partial charge in [-0.2, -0.15) is 18.3 Å². The van der Waals surface area contributed by atoms with Gasteiger partial charge in [-0.25, -0.2) is 14.4 Å². The van der Waals surface area contributed by atoms with Crippen LogP contribution in [0.4, 0.5) is 23.4 Å². The van der Waals surface area contributed by atoms with Gasteiger partial charge in [-0.1, -0.05) is 12.1 Å². The molecule has 0 fully saturated rings. The molecule has 3 aromatic heterocycles. The first kappa shape index (κ1) is 21.4. The third-order valence-electron chi connectivity index (χ3n) is 4.90. The Morgan fingerprint density at radius 1 is 1.00 bits per heavy atom. The van der Waals surface area contributed by atoms with Crippen LogP contribution in [-0.4, -0.2) is 31.8 Å². The zero-order chi connectivity index (χ0) is 22.9. The topological polar surface area (TPSA) is 59.7 Å². The van der Waals surface area contributed by atoms with E-state index in [9.17, 15) is 17.6 Å². The summed E-state index contributed by atoms with van der Waals surface area (Å²) in [4.78, 5) is 13.5. The summed E-state index contributed by atoms with van der Waals surface area (Å²) in [5.74, 6) is -0.522. The van der Waals surface area contributed by atoms with Crippen LogP contribution < -0.4 is 4.90 Å². The summed E-state index contributed by atoms with van der Waals surface area (Å²) in [6.45, 7) is 0. The Morgan fingerprint density at radius 3 is 2.38 bits per heavy atom. The number of rotatable bonds is 5. The summed E-state index contributed by atoms with van der Waals surface area (Å²) in [5, 5.41) is 4.16. The number of benzene rings is 1. The van der Waals surface area contributed by atoms with Gasteiger partial charge in [0.2, 0.25) is 0 Å². The first-order chi connectivity index (χ1) is 15.2. The Morgan fingerprint density at radius 2 is 1.75 bits per heavy atom. The van der Waals surface area contributed by atoms with Gasteiger partial charge in [-0.05, 0) is 29.8 Å². The van der Waals surface area contributed by atoms with E-state index < -0.39 is 23.7 Å². The molecule has 0 bridgehead atoms. The van der Waals surface area contributed by atoms with Crippen LogP contribution in [0, 0.1) is 5.82 Å². The summed E-state index contributed by atoms with van der Waals surface area (Å²) >= 11 is 0. The van der Waals surface area contributed by atoms with Crippen LogP contribution in [0.25, 0.3) is 11.4 Å². The third kappa shape index (κ3) is 4.43. The highest BCUT2D eigenvalue weighted by molar-refractivity contribution is 5.58. The number of anilines is 1. The molecule has 0 amide bonds. The third-order valence-corrected chi connectivity index (χ3v) is 4.90. The Hall–Kier alpha value is -3.82. The van der Waals surface area contributed by atoms with Gasteiger partial charge in [-0.15, -0.1) is 0 Å². The quantitative estimate of drug-likeness (QED) is 0.421. The van der Waals surface area contributed by atoms with Crippen molar-refractivity contribution in [3.8, 4) is 11.4 Å². The molecule has 10 heteroatoms. The van der Waals surface area contributed by atoms with Crippen molar-refractivity contribution in [1.82, 2.24) is 24.7 Å². The lowest BCUT2D eigenvalue weighted by Gasteiger charge is -2.29. The maximum Gasteiger partial charge on any atom is 0.433 e. The van der Waals surface area contributed by atoms with Crippen molar-refractivity contribution in [2.75, 3.05) is 11.9 Å². The molecule has 0 spiro atoms. The molecule has 4 aromatic rings. The average Bonchev–Trinajstić information content (AvgIpc) is 3.19. The Kier molecular flexibility index (Phi) is 5.60. The van der Waals surface area contributed by atoms with E-state index in [1.807, 2.05) is 0 Å². The summed E-state index contributed by atoms with van der Waals surface area (Å²) in [5.41, 5.74) is 0.520. The average molecular weight is 442 g/mol. The molecule has 0 unspecified atom stereocenters. The van der Waals surface area contributed by atoms with E-state index in [4.69, 9.17) is 0 Å². The Balaban J connectivity index is 1.87. The highest BCUT2D eigenvalue weighted by Gasteiger charge is 2.35. The number of aromatic nitrogens is 5. The Labute approximate surface area is 181 Å². The smallest absolute Gasteiger partial charge is 0.348 e. The molecular formula is C22H18F4N6. The second kappa shape index (κ2) is 8.37. The first-order valence-corrected chi connectivity index (χ1v) is 9.56. The lowest BCUT2D eigenvalue weighted by Crippen LogP contribution is -2.27. The maximum absolute atomic E-state index is 14.0. The van der Waals surface area contributed by atoms with Crippen LogP contribution in [0.1, 0.15) is 22.9 Å². The van der Waals surface area contributed by atoms with E-state index in [1.54, 1.807) is 48.2 Å². The largest absolute Gasteiger partial charge is 0.433 e. The molecule has 4 rings (SSSR count). The second-order valence-electron chi connectivity index (χ2n) is 7.18. The highest BCUT2D eigenvalue weighted by Crippen LogP contribution is 2.35. The van der Waals surface area contributed by atoms with Crippen molar-refractivity contribution in [3.05, 3.63) is 89.9 Å². The van der Waals surface area contributed by atoms with E-state index in [0.29, 0.717) is 16.7 Å². The molecule has 1 aromatic carbocycles. The molecule has 0 aliphatic carbocycles. The van der Waals surface area contributed by atoms with Gasteiger partial charge >= 0.3 is 6.18 Å². The fourth-order valence-corrected chi connectivity index (χ4v) is 3.42. The van der Waals surface area contributed by atoms with E-state index in [1.165, 1.54) is 36.7 Å². The van der Waals surface area contributed by atoms with Crippen LogP contribution >= 0.6 is 0 Å². The SMILES string of the molecule is CN(c1cc(C(F)(F)F)nc(-c2ccncc2)n1)[C@@H](c1cccc(F)c1)c1cnn(C)c1. The number of hydrogen-bond acceptors (Lipinski definition) is 5. The molecule has 0 saturated heterocycles. The summed E-state index contributed by atoms with van der Waals surface area (Å²) < 4.78 is 56.5. The van der Waals surface area contributed by atoms with Gasteiger partial charge in [-0.3, -0.25) is 9.67 Å². The van der Waals surface area contributed by atoms with E-state index in [0.717, 1.165) is 6.07 Å². The molecule has 1 atom stereocenters. The molecule has 32 heavy (non-hydrogen) atoms. The molecule has 3 heterocycles. The van der Waals surface area contributed by atoms with Gasteiger partial charge in [0.25, 0.3) is 0 Å². The lowest BCUT2D eigenvalue weighted by molar-refractivity contribution is -0.141. The van der Waals surface area contributed by atoms with Gasteiger partial charge in [0.05, 0.1) is 12.2 Å². The monoisotopic (exact) mass is 442 g/mol. The van der Waals surface area contributed by atoms with E-state index in [2.05, 4.69) is 20.1 Å². The van der Waals surface area contributed by atoms with Crippen molar-refractivity contribution in [3.63, 3.8) is 0 Å². The van der Waals surface area contributed by atoms with Crippen LogP contribution in [0.15, 0.2) is 67.3 Å². The molecule has 0 aliphatic heterocycles. The van der Waals surface area contributed by atoms with Crippen LogP contribution in [0.5, 0.6) is 0 Å². The first-order valence-electron chi connectivity index (χ1n) is 9.56. The highest BCUT2D eigenvalue weighted by atomic mass is 19.4. The predicted molar refractivity (Wildman–Crippen MR) is 110 cm³/mol. The lowest BCUT2D eigenvalue weighted by atomic mass is 10.00. The summed E-state index contributed by atoms with van der Waals surface area (Å²) in [6, 6.07) is 9.20. The minimum atomic E-state index is -4.68. The van der Waals surface area contributed by atoms with Gasteiger partial charge in [0.15, 0.2) is 11.5 Å².